The molecule has 1 atom stereocenters. The predicted octanol–water partition coefficient (Wildman–Crippen LogP) is 3.56. The molecular formula is C13H18ClN3. The summed E-state index contributed by atoms with van der Waals surface area (Å²) in [5, 5.41) is 0.711. The first kappa shape index (κ1) is 12.2. The summed E-state index contributed by atoms with van der Waals surface area (Å²) in [4.78, 5) is 4.34. The molecular weight excluding hydrogens is 234 g/mol. The van der Waals surface area contributed by atoms with Crippen LogP contribution in [0.5, 0.6) is 0 Å². The fourth-order valence-electron chi connectivity index (χ4n) is 1.84. The second kappa shape index (κ2) is 4.57. The van der Waals surface area contributed by atoms with Crippen LogP contribution in [0.4, 0.5) is 5.95 Å². The Morgan fingerprint density at radius 2 is 2.06 bits per heavy atom. The lowest BCUT2D eigenvalue weighted by Crippen LogP contribution is -2.14. The van der Waals surface area contributed by atoms with Gasteiger partial charge in [0, 0.05) is 6.54 Å². The standard InChI is InChI=1S/C13H18ClN3/c1-8(2)9(3)7-17-12-10(14)5-4-6-11(12)16-13(17)15/h4-6,8-9H,7H2,1-3H3,(H2,15,16). The third-order valence-electron chi connectivity index (χ3n) is 3.36. The molecule has 3 nitrogen and oxygen atoms in total. The van der Waals surface area contributed by atoms with Crippen molar-refractivity contribution >= 4 is 28.6 Å². The lowest BCUT2D eigenvalue weighted by molar-refractivity contribution is 0.371. The van der Waals surface area contributed by atoms with E-state index in [1.165, 1.54) is 0 Å². The van der Waals surface area contributed by atoms with Crippen molar-refractivity contribution in [1.82, 2.24) is 9.55 Å². The van der Waals surface area contributed by atoms with Crippen LogP contribution >= 0.6 is 11.6 Å². The van der Waals surface area contributed by atoms with Crippen LogP contribution < -0.4 is 5.73 Å². The highest BCUT2D eigenvalue weighted by Crippen LogP contribution is 2.27. The number of hydrogen-bond acceptors (Lipinski definition) is 2. The van der Waals surface area contributed by atoms with Crippen molar-refractivity contribution < 1.29 is 0 Å². The van der Waals surface area contributed by atoms with Gasteiger partial charge in [-0.3, -0.25) is 0 Å². The van der Waals surface area contributed by atoms with Crippen LogP contribution in [0.3, 0.4) is 0 Å². The molecule has 0 aliphatic heterocycles. The molecule has 0 aliphatic rings. The van der Waals surface area contributed by atoms with Gasteiger partial charge in [-0.15, -0.1) is 0 Å². The zero-order chi connectivity index (χ0) is 12.6. The monoisotopic (exact) mass is 251 g/mol. The van der Waals surface area contributed by atoms with Gasteiger partial charge in [-0.2, -0.15) is 0 Å². The highest BCUT2D eigenvalue weighted by Gasteiger charge is 2.15. The Hall–Kier alpha value is -1.22. The van der Waals surface area contributed by atoms with Gasteiger partial charge < -0.3 is 10.3 Å². The molecule has 17 heavy (non-hydrogen) atoms. The van der Waals surface area contributed by atoms with Crippen molar-refractivity contribution in [2.75, 3.05) is 5.73 Å². The number of para-hydroxylation sites is 1. The zero-order valence-electron chi connectivity index (χ0n) is 10.4. The number of nitrogen functional groups attached to an aromatic ring is 1. The Balaban J connectivity index is 2.49. The van der Waals surface area contributed by atoms with Crippen molar-refractivity contribution in [2.24, 2.45) is 11.8 Å². The Labute approximate surface area is 107 Å². The fourth-order valence-corrected chi connectivity index (χ4v) is 2.11. The molecule has 0 amide bonds. The van der Waals surface area contributed by atoms with Gasteiger partial charge in [0.1, 0.15) is 0 Å². The van der Waals surface area contributed by atoms with Crippen molar-refractivity contribution in [3.63, 3.8) is 0 Å². The number of fused-ring (bicyclic) bond motifs is 1. The van der Waals surface area contributed by atoms with E-state index in [2.05, 4.69) is 25.8 Å². The van der Waals surface area contributed by atoms with Gasteiger partial charge in [-0.1, -0.05) is 38.4 Å². The van der Waals surface area contributed by atoms with Gasteiger partial charge >= 0.3 is 0 Å². The number of anilines is 1. The van der Waals surface area contributed by atoms with Crippen LogP contribution in [0.1, 0.15) is 20.8 Å². The number of imidazole rings is 1. The SMILES string of the molecule is CC(C)C(C)Cn1c(N)nc2cccc(Cl)c21. The second-order valence-corrected chi connectivity index (χ2v) is 5.32. The van der Waals surface area contributed by atoms with E-state index in [9.17, 15) is 0 Å². The first-order chi connectivity index (χ1) is 8.00. The number of nitrogens with two attached hydrogens (primary N) is 1. The smallest absolute Gasteiger partial charge is 0.201 e. The highest BCUT2D eigenvalue weighted by molar-refractivity contribution is 6.35. The molecule has 0 fully saturated rings. The van der Waals surface area contributed by atoms with E-state index >= 15 is 0 Å². The minimum Gasteiger partial charge on any atom is -0.369 e. The minimum absolute atomic E-state index is 0.533. The maximum absolute atomic E-state index is 6.22. The maximum Gasteiger partial charge on any atom is 0.201 e. The molecule has 2 N–H and O–H groups in total. The first-order valence-electron chi connectivity index (χ1n) is 5.91. The molecule has 92 valence electrons. The highest BCUT2D eigenvalue weighted by atomic mass is 35.5. The van der Waals surface area contributed by atoms with Crippen molar-refractivity contribution in [3.8, 4) is 0 Å². The van der Waals surface area contributed by atoms with Gasteiger partial charge in [0.05, 0.1) is 16.1 Å². The summed E-state index contributed by atoms with van der Waals surface area (Å²) in [6.07, 6.45) is 0. The Morgan fingerprint density at radius 1 is 1.35 bits per heavy atom. The summed E-state index contributed by atoms with van der Waals surface area (Å²) in [6, 6.07) is 5.71. The molecule has 0 radical (unpaired) electrons. The summed E-state index contributed by atoms with van der Waals surface area (Å²) >= 11 is 6.22. The van der Waals surface area contributed by atoms with E-state index in [1.54, 1.807) is 0 Å². The molecule has 2 rings (SSSR count). The van der Waals surface area contributed by atoms with Crippen LogP contribution in [0.15, 0.2) is 18.2 Å². The largest absolute Gasteiger partial charge is 0.369 e. The average Bonchev–Trinajstić information content (AvgIpc) is 2.56. The molecule has 1 unspecified atom stereocenters. The summed E-state index contributed by atoms with van der Waals surface area (Å²) < 4.78 is 2.02. The third kappa shape index (κ3) is 2.25. The lowest BCUT2D eigenvalue weighted by atomic mass is 9.98. The molecule has 0 spiro atoms. The average molecular weight is 252 g/mol. The molecule has 1 heterocycles. The number of aromatic nitrogens is 2. The minimum atomic E-state index is 0.533. The van der Waals surface area contributed by atoms with Crippen molar-refractivity contribution in [3.05, 3.63) is 23.2 Å². The molecule has 2 aromatic rings. The van der Waals surface area contributed by atoms with E-state index < -0.39 is 0 Å². The first-order valence-corrected chi connectivity index (χ1v) is 6.28. The summed E-state index contributed by atoms with van der Waals surface area (Å²) in [5.41, 5.74) is 7.77. The number of hydrogen-bond donors (Lipinski definition) is 1. The number of nitrogens with zero attached hydrogens (tertiary/aromatic N) is 2. The van der Waals surface area contributed by atoms with Crippen LogP contribution in [-0.4, -0.2) is 9.55 Å². The Bertz CT molecular complexity index is 531. The van der Waals surface area contributed by atoms with Crippen molar-refractivity contribution in [1.29, 1.82) is 0 Å². The quantitative estimate of drug-likeness (QED) is 0.906. The molecule has 0 bridgehead atoms. The zero-order valence-corrected chi connectivity index (χ0v) is 11.2. The summed E-state index contributed by atoms with van der Waals surface area (Å²) in [6.45, 7) is 7.49. The van der Waals surface area contributed by atoms with Gasteiger partial charge in [0.2, 0.25) is 5.95 Å². The molecule has 0 aliphatic carbocycles. The Morgan fingerprint density at radius 3 is 2.71 bits per heavy atom. The summed E-state index contributed by atoms with van der Waals surface area (Å²) in [5.74, 6) is 1.68. The topological polar surface area (TPSA) is 43.8 Å². The number of halogens is 1. The van der Waals surface area contributed by atoms with Crippen molar-refractivity contribution in [2.45, 2.75) is 27.3 Å². The predicted molar refractivity (Wildman–Crippen MR) is 73.2 cm³/mol. The van der Waals surface area contributed by atoms with Gasteiger partial charge in [-0.25, -0.2) is 4.98 Å². The summed E-state index contributed by atoms with van der Waals surface area (Å²) in [7, 11) is 0. The van der Waals surface area contributed by atoms with E-state index in [1.807, 2.05) is 22.8 Å². The van der Waals surface area contributed by atoms with E-state index in [4.69, 9.17) is 17.3 Å². The molecule has 0 saturated carbocycles. The van der Waals surface area contributed by atoms with E-state index in [0.717, 1.165) is 17.6 Å². The fraction of sp³-hybridized carbons (Fsp3) is 0.462. The van der Waals surface area contributed by atoms with E-state index in [-0.39, 0.29) is 0 Å². The van der Waals surface area contributed by atoms with Gasteiger partial charge in [-0.05, 0) is 24.0 Å². The van der Waals surface area contributed by atoms with Crippen LogP contribution in [0.2, 0.25) is 5.02 Å². The van der Waals surface area contributed by atoms with Crippen LogP contribution in [0.25, 0.3) is 11.0 Å². The third-order valence-corrected chi connectivity index (χ3v) is 3.66. The van der Waals surface area contributed by atoms with Crippen LogP contribution in [-0.2, 0) is 6.54 Å². The number of benzene rings is 1. The lowest BCUT2D eigenvalue weighted by Gasteiger charge is -2.17. The van der Waals surface area contributed by atoms with Gasteiger partial charge in [0.15, 0.2) is 0 Å². The maximum atomic E-state index is 6.22. The molecule has 1 aromatic carbocycles. The Kier molecular flexibility index (Phi) is 3.29. The molecule has 1 aromatic heterocycles. The molecule has 4 heteroatoms. The normalized spacial score (nSPS) is 13.5. The molecule has 0 saturated heterocycles. The number of rotatable bonds is 3. The second-order valence-electron chi connectivity index (χ2n) is 4.91. The van der Waals surface area contributed by atoms with E-state index in [0.29, 0.717) is 22.8 Å². The van der Waals surface area contributed by atoms with Gasteiger partial charge in [0.25, 0.3) is 0 Å². The van der Waals surface area contributed by atoms with Crippen LogP contribution in [0, 0.1) is 11.8 Å².